The number of hydrogen-bond donors (Lipinski definition) is 0. The summed E-state index contributed by atoms with van der Waals surface area (Å²) in [6.07, 6.45) is -0.301. The summed E-state index contributed by atoms with van der Waals surface area (Å²) in [6, 6.07) is 30.0. The summed E-state index contributed by atoms with van der Waals surface area (Å²) < 4.78 is 24.8. The second kappa shape index (κ2) is 12.4. The lowest BCUT2D eigenvalue weighted by atomic mass is 10.1. The van der Waals surface area contributed by atoms with E-state index >= 15 is 0 Å². The van der Waals surface area contributed by atoms with Crippen LogP contribution in [0.1, 0.15) is 23.1 Å². The fourth-order valence-electron chi connectivity index (χ4n) is 4.03. The highest BCUT2D eigenvalue weighted by Gasteiger charge is 2.46. The minimum atomic E-state index is -0.377. The van der Waals surface area contributed by atoms with Crippen LogP contribution in [0.25, 0.3) is 0 Å². The van der Waals surface area contributed by atoms with Crippen molar-refractivity contribution in [2.24, 2.45) is 0 Å². The maximum atomic E-state index is 11.4. The summed E-state index contributed by atoms with van der Waals surface area (Å²) in [5, 5.41) is 0. The third kappa shape index (κ3) is 6.83. The summed E-state index contributed by atoms with van der Waals surface area (Å²) in [5.74, 6) is 0. The quantitative estimate of drug-likeness (QED) is 0.377. The highest BCUT2D eigenvalue weighted by molar-refractivity contribution is 5.50. The Morgan fingerprint density at radius 3 is 1.58 bits per heavy atom. The van der Waals surface area contributed by atoms with Gasteiger partial charge in [0.2, 0.25) is 0 Å². The molecule has 1 heterocycles. The molecule has 1 saturated heterocycles. The third-order valence-corrected chi connectivity index (χ3v) is 5.70. The van der Waals surface area contributed by atoms with Crippen LogP contribution < -0.4 is 0 Å². The van der Waals surface area contributed by atoms with Crippen molar-refractivity contribution in [3.63, 3.8) is 0 Å². The monoisotopic (exact) mass is 446 g/mol. The lowest BCUT2D eigenvalue weighted by Crippen LogP contribution is -2.39. The first-order valence-electron chi connectivity index (χ1n) is 11.4. The molecule has 0 amide bonds. The van der Waals surface area contributed by atoms with Gasteiger partial charge >= 0.3 is 0 Å². The van der Waals surface area contributed by atoms with Crippen LogP contribution >= 0.6 is 0 Å². The topological polar surface area (TPSA) is 54.0 Å². The SMILES string of the molecule is O=CC[C@@H]1O[C@H](COCc2ccccc2)[C@@H](OCc2ccccc2)[C@H]1OCc1ccccc1. The molecule has 33 heavy (non-hydrogen) atoms. The van der Waals surface area contributed by atoms with Crippen LogP contribution in [0.5, 0.6) is 0 Å². The molecule has 1 fully saturated rings. The van der Waals surface area contributed by atoms with Crippen molar-refractivity contribution < 1.29 is 23.7 Å². The largest absolute Gasteiger partial charge is 0.374 e. The normalized spacial score (nSPS) is 22.3. The first-order valence-corrected chi connectivity index (χ1v) is 11.4. The highest BCUT2D eigenvalue weighted by Crippen LogP contribution is 2.30. The Balaban J connectivity index is 1.45. The van der Waals surface area contributed by atoms with Crippen LogP contribution in [-0.4, -0.2) is 37.3 Å². The Morgan fingerprint density at radius 2 is 1.09 bits per heavy atom. The average Bonchev–Trinajstić information content (AvgIpc) is 3.19. The number of aldehydes is 1. The Kier molecular flexibility index (Phi) is 8.78. The zero-order chi connectivity index (χ0) is 22.7. The molecule has 5 heteroatoms. The predicted octanol–water partition coefficient (Wildman–Crippen LogP) is 4.73. The first kappa shape index (κ1) is 23.3. The number of carbonyl (C=O) groups is 1. The lowest BCUT2D eigenvalue weighted by molar-refractivity contribution is -0.113. The summed E-state index contributed by atoms with van der Waals surface area (Å²) in [5.41, 5.74) is 3.23. The first-order chi connectivity index (χ1) is 16.3. The van der Waals surface area contributed by atoms with Gasteiger partial charge in [-0.25, -0.2) is 0 Å². The molecule has 4 rings (SSSR count). The van der Waals surface area contributed by atoms with E-state index < -0.39 is 0 Å². The Bertz CT molecular complexity index is 948. The fraction of sp³-hybridized carbons (Fsp3) is 0.321. The van der Waals surface area contributed by atoms with E-state index in [9.17, 15) is 4.79 Å². The zero-order valence-electron chi connectivity index (χ0n) is 18.6. The summed E-state index contributed by atoms with van der Waals surface area (Å²) in [4.78, 5) is 11.4. The zero-order valence-corrected chi connectivity index (χ0v) is 18.6. The maximum absolute atomic E-state index is 11.4. The number of carbonyl (C=O) groups excluding carboxylic acids is 1. The van der Waals surface area contributed by atoms with Gasteiger partial charge in [-0.1, -0.05) is 91.0 Å². The van der Waals surface area contributed by atoms with Gasteiger partial charge in [0, 0.05) is 6.42 Å². The fourth-order valence-corrected chi connectivity index (χ4v) is 4.03. The van der Waals surface area contributed by atoms with Crippen molar-refractivity contribution in [2.45, 2.75) is 50.7 Å². The average molecular weight is 447 g/mol. The van der Waals surface area contributed by atoms with Gasteiger partial charge in [-0.3, -0.25) is 0 Å². The Labute approximate surface area is 195 Å². The lowest BCUT2D eigenvalue weighted by Gasteiger charge is -2.25. The van der Waals surface area contributed by atoms with Crippen LogP contribution in [0.2, 0.25) is 0 Å². The Hall–Kier alpha value is -2.83. The third-order valence-electron chi connectivity index (χ3n) is 5.70. The van der Waals surface area contributed by atoms with E-state index in [4.69, 9.17) is 18.9 Å². The van der Waals surface area contributed by atoms with Gasteiger partial charge in [0.1, 0.15) is 24.6 Å². The molecule has 0 spiro atoms. The number of ether oxygens (including phenoxy) is 4. The molecule has 0 aromatic heterocycles. The van der Waals surface area contributed by atoms with E-state index in [2.05, 4.69) is 0 Å². The molecule has 3 aromatic carbocycles. The molecule has 0 bridgehead atoms. The number of hydrogen-bond acceptors (Lipinski definition) is 5. The number of rotatable bonds is 12. The number of benzene rings is 3. The molecule has 0 N–H and O–H groups in total. The van der Waals surface area contributed by atoms with Gasteiger partial charge in [-0.2, -0.15) is 0 Å². The molecular formula is C28H30O5. The Morgan fingerprint density at radius 1 is 0.636 bits per heavy atom. The van der Waals surface area contributed by atoms with Gasteiger partial charge in [0.15, 0.2) is 0 Å². The highest BCUT2D eigenvalue weighted by atomic mass is 16.6. The molecule has 4 atom stereocenters. The second-order valence-electron chi connectivity index (χ2n) is 8.14. The second-order valence-corrected chi connectivity index (χ2v) is 8.14. The van der Waals surface area contributed by atoms with E-state index in [-0.39, 0.29) is 30.8 Å². The molecule has 0 saturated carbocycles. The van der Waals surface area contributed by atoms with E-state index in [0.29, 0.717) is 26.4 Å². The molecule has 0 unspecified atom stereocenters. The summed E-state index contributed by atoms with van der Waals surface area (Å²) in [6.45, 7) is 1.70. The van der Waals surface area contributed by atoms with Crippen LogP contribution in [0.4, 0.5) is 0 Å². The maximum Gasteiger partial charge on any atom is 0.122 e. The molecule has 0 radical (unpaired) electrons. The van der Waals surface area contributed by atoms with Crippen molar-refractivity contribution in [1.29, 1.82) is 0 Å². The van der Waals surface area contributed by atoms with E-state index in [1.165, 1.54) is 0 Å². The minimum absolute atomic E-state index is 0.250. The van der Waals surface area contributed by atoms with Gasteiger partial charge in [-0.05, 0) is 16.7 Å². The van der Waals surface area contributed by atoms with Crippen LogP contribution in [0.15, 0.2) is 91.0 Å². The predicted molar refractivity (Wildman–Crippen MR) is 125 cm³/mol. The molecule has 1 aliphatic heterocycles. The van der Waals surface area contributed by atoms with Crippen LogP contribution in [-0.2, 0) is 43.6 Å². The smallest absolute Gasteiger partial charge is 0.122 e. The van der Waals surface area contributed by atoms with E-state index in [1.54, 1.807) is 0 Å². The molecule has 0 aliphatic carbocycles. The van der Waals surface area contributed by atoms with E-state index in [0.717, 1.165) is 23.0 Å². The van der Waals surface area contributed by atoms with Crippen molar-refractivity contribution in [1.82, 2.24) is 0 Å². The van der Waals surface area contributed by atoms with Crippen molar-refractivity contribution in [3.05, 3.63) is 108 Å². The molecule has 172 valence electrons. The van der Waals surface area contributed by atoms with Crippen molar-refractivity contribution >= 4 is 6.29 Å². The van der Waals surface area contributed by atoms with Crippen LogP contribution in [0, 0.1) is 0 Å². The summed E-state index contributed by atoms with van der Waals surface area (Å²) in [7, 11) is 0. The summed E-state index contributed by atoms with van der Waals surface area (Å²) >= 11 is 0. The van der Waals surface area contributed by atoms with Crippen LogP contribution in [0.3, 0.4) is 0 Å². The van der Waals surface area contributed by atoms with Crippen molar-refractivity contribution in [2.75, 3.05) is 6.61 Å². The van der Waals surface area contributed by atoms with Crippen molar-refractivity contribution in [3.8, 4) is 0 Å². The van der Waals surface area contributed by atoms with Gasteiger partial charge in [0.05, 0.1) is 32.5 Å². The molecule has 5 nitrogen and oxygen atoms in total. The minimum Gasteiger partial charge on any atom is -0.374 e. The van der Waals surface area contributed by atoms with Gasteiger partial charge in [0.25, 0.3) is 0 Å². The molecule has 1 aliphatic rings. The standard InChI is InChI=1S/C28H30O5/c29-17-16-25-27(31-19-23-12-6-2-7-13-23)28(32-20-24-14-8-3-9-15-24)26(33-25)21-30-18-22-10-4-1-5-11-22/h1-15,17,25-28H,16,18-21H2/t25-,26+,27-,28+/m0/s1. The molecule has 3 aromatic rings. The molecular weight excluding hydrogens is 416 g/mol. The van der Waals surface area contributed by atoms with E-state index in [1.807, 2.05) is 91.0 Å². The van der Waals surface area contributed by atoms with Gasteiger partial charge in [-0.15, -0.1) is 0 Å². The van der Waals surface area contributed by atoms with Gasteiger partial charge < -0.3 is 23.7 Å².